The van der Waals surface area contributed by atoms with Gasteiger partial charge in [-0.2, -0.15) is 0 Å². The molecule has 5 atom stereocenters. The van der Waals surface area contributed by atoms with Crippen molar-refractivity contribution in [3.8, 4) is 0 Å². The molecule has 3 aliphatic rings. The minimum atomic E-state index is -0.673. The summed E-state index contributed by atoms with van der Waals surface area (Å²) in [7, 11) is 1.82. The number of hydrogen-bond acceptors (Lipinski definition) is 3. The Hall–Kier alpha value is -0.810. The van der Waals surface area contributed by atoms with Gasteiger partial charge >= 0.3 is 0 Å². The third kappa shape index (κ3) is 2.42. The number of aliphatic imine (C=N–C) groups is 1. The zero-order valence-corrected chi connectivity index (χ0v) is 12.8. The first-order valence-corrected chi connectivity index (χ1v) is 7.87. The largest absolute Gasteiger partial charge is 0.388 e. The van der Waals surface area contributed by atoms with E-state index < -0.39 is 5.60 Å². The van der Waals surface area contributed by atoms with E-state index in [9.17, 15) is 5.11 Å². The van der Waals surface area contributed by atoms with Crippen LogP contribution in [0.4, 0.5) is 0 Å². The normalized spacial score (nSPS) is 39.0. The maximum Gasteiger partial charge on any atom is 0.193 e. The van der Waals surface area contributed by atoms with Crippen molar-refractivity contribution in [1.82, 2.24) is 10.2 Å². The first-order chi connectivity index (χ1) is 9.54. The molecule has 3 heterocycles. The van der Waals surface area contributed by atoms with E-state index >= 15 is 0 Å². The molecule has 0 aromatic rings. The van der Waals surface area contributed by atoms with Crippen LogP contribution in [0.15, 0.2) is 4.99 Å². The first kappa shape index (κ1) is 14.1. The molecule has 3 fully saturated rings. The fourth-order valence-electron chi connectivity index (χ4n) is 3.86. The lowest BCUT2D eigenvalue weighted by Gasteiger charge is -2.27. The van der Waals surface area contributed by atoms with Crippen molar-refractivity contribution in [3.05, 3.63) is 0 Å². The van der Waals surface area contributed by atoms with Crippen LogP contribution >= 0.6 is 0 Å². The maximum atomic E-state index is 10.1. The van der Waals surface area contributed by atoms with Gasteiger partial charge in [-0.25, -0.2) is 0 Å². The summed E-state index contributed by atoms with van der Waals surface area (Å²) in [4.78, 5) is 6.73. The van der Waals surface area contributed by atoms with E-state index in [0.717, 1.165) is 25.5 Å². The molecule has 5 nitrogen and oxygen atoms in total. The highest BCUT2D eigenvalue weighted by Gasteiger charge is 2.53. The van der Waals surface area contributed by atoms with Crippen molar-refractivity contribution in [1.29, 1.82) is 0 Å². The quantitative estimate of drug-likeness (QED) is 0.594. The van der Waals surface area contributed by atoms with Gasteiger partial charge in [-0.3, -0.25) is 4.99 Å². The van der Waals surface area contributed by atoms with Crippen molar-refractivity contribution >= 4 is 5.96 Å². The molecular weight excluding hydrogens is 254 g/mol. The molecule has 5 heteroatoms. The Kier molecular flexibility index (Phi) is 3.67. The third-order valence-electron chi connectivity index (χ3n) is 5.35. The second-order valence-corrected chi connectivity index (χ2v) is 6.77. The predicted molar refractivity (Wildman–Crippen MR) is 78.7 cm³/mol. The number of aliphatic hydroxyl groups is 1. The molecule has 3 aliphatic heterocycles. The summed E-state index contributed by atoms with van der Waals surface area (Å²) in [5.74, 6) is 2.28. The number of nitrogens with zero attached hydrogens (tertiary/aromatic N) is 2. The smallest absolute Gasteiger partial charge is 0.193 e. The summed E-state index contributed by atoms with van der Waals surface area (Å²) in [6.45, 7) is 6.49. The molecule has 0 radical (unpaired) electrons. The Morgan fingerprint density at radius 1 is 1.35 bits per heavy atom. The van der Waals surface area contributed by atoms with E-state index in [4.69, 9.17) is 4.74 Å². The molecular formula is C15H27N3O2. The second kappa shape index (κ2) is 5.19. The SMILES string of the molecule is CCC(C)(O)CNC(=NC)N1CC2C3CCC(O3)C2C1. The summed E-state index contributed by atoms with van der Waals surface area (Å²) >= 11 is 0. The van der Waals surface area contributed by atoms with Crippen LogP contribution in [-0.4, -0.2) is 60.5 Å². The summed E-state index contributed by atoms with van der Waals surface area (Å²) in [5.41, 5.74) is -0.673. The minimum Gasteiger partial charge on any atom is -0.388 e. The van der Waals surface area contributed by atoms with Crippen LogP contribution < -0.4 is 5.32 Å². The Labute approximate surface area is 121 Å². The number of fused-ring (bicyclic) bond motifs is 5. The highest BCUT2D eigenvalue weighted by atomic mass is 16.5. The van der Waals surface area contributed by atoms with E-state index in [1.165, 1.54) is 12.8 Å². The molecule has 2 bridgehead atoms. The standard InChI is InChI=1S/C15H27N3O2/c1-4-15(2,19)9-17-14(16-3)18-7-10-11(8-18)13-6-5-12(10)20-13/h10-13,19H,4-9H2,1-3H3,(H,16,17). The summed E-state index contributed by atoms with van der Waals surface area (Å²) in [5, 5.41) is 13.4. The van der Waals surface area contributed by atoms with Crippen LogP contribution in [0.3, 0.4) is 0 Å². The second-order valence-electron chi connectivity index (χ2n) is 6.77. The lowest BCUT2D eigenvalue weighted by molar-refractivity contribution is 0.0589. The van der Waals surface area contributed by atoms with Crippen LogP contribution in [0.1, 0.15) is 33.1 Å². The zero-order valence-electron chi connectivity index (χ0n) is 12.8. The summed E-state index contributed by atoms with van der Waals surface area (Å²) in [6.07, 6.45) is 4.16. The molecule has 2 N–H and O–H groups in total. The van der Waals surface area contributed by atoms with Gasteiger partial charge in [-0.05, 0) is 26.2 Å². The van der Waals surface area contributed by atoms with Gasteiger partial charge in [0, 0.05) is 38.5 Å². The van der Waals surface area contributed by atoms with Gasteiger partial charge in [0.25, 0.3) is 0 Å². The van der Waals surface area contributed by atoms with Gasteiger partial charge < -0.3 is 20.1 Å². The number of guanidine groups is 1. The zero-order chi connectivity index (χ0) is 14.3. The maximum absolute atomic E-state index is 10.1. The summed E-state index contributed by atoms with van der Waals surface area (Å²) in [6, 6.07) is 0. The van der Waals surface area contributed by atoms with E-state index in [1.54, 1.807) is 0 Å². The van der Waals surface area contributed by atoms with Crippen molar-refractivity contribution in [2.75, 3.05) is 26.7 Å². The first-order valence-electron chi connectivity index (χ1n) is 7.87. The van der Waals surface area contributed by atoms with Crippen molar-refractivity contribution in [3.63, 3.8) is 0 Å². The Balaban J connectivity index is 1.59. The molecule has 114 valence electrons. The van der Waals surface area contributed by atoms with Gasteiger partial charge in [0.15, 0.2) is 5.96 Å². The minimum absolute atomic E-state index is 0.479. The Bertz CT molecular complexity index is 379. The van der Waals surface area contributed by atoms with Gasteiger partial charge in [0.2, 0.25) is 0 Å². The molecule has 20 heavy (non-hydrogen) atoms. The van der Waals surface area contributed by atoms with Crippen LogP contribution in [0, 0.1) is 11.8 Å². The highest BCUT2D eigenvalue weighted by molar-refractivity contribution is 5.80. The monoisotopic (exact) mass is 281 g/mol. The number of likely N-dealkylation sites (tertiary alicyclic amines) is 1. The van der Waals surface area contributed by atoms with Crippen LogP contribution in [0.5, 0.6) is 0 Å². The van der Waals surface area contributed by atoms with Crippen molar-refractivity contribution in [2.45, 2.75) is 50.9 Å². The van der Waals surface area contributed by atoms with Gasteiger partial charge in [-0.1, -0.05) is 6.92 Å². The van der Waals surface area contributed by atoms with Crippen molar-refractivity contribution < 1.29 is 9.84 Å². The molecule has 5 unspecified atom stereocenters. The number of ether oxygens (including phenoxy) is 1. The van der Waals surface area contributed by atoms with Gasteiger partial charge in [0.1, 0.15) is 0 Å². The Morgan fingerprint density at radius 3 is 2.45 bits per heavy atom. The highest BCUT2D eigenvalue weighted by Crippen LogP contribution is 2.47. The van der Waals surface area contributed by atoms with Gasteiger partial charge in [0.05, 0.1) is 17.8 Å². The van der Waals surface area contributed by atoms with E-state index in [0.29, 0.717) is 30.6 Å². The average molecular weight is 281 g/mol. The van der Waals surface area contributed by atoms with Crippen molar-refractivity contribution in [2.24, 2.45) is 16.8 Å². The Morgan fingerprint density at radius 2 is 1.95 bits per heavy atom. The molecule has 0 aromatic heterocycles. The molecule has 0 aliphatic carbocycles. The molecule has 0 aromatic carbocycles. The van der Waals surface area contributed by atoms with E-state index in [-0.39, 0.29) is 0 Å². The van der Waals surface area contributed by atoms with Gasteiger partial charge in [-0.15, -0.1) is 0 Å². The molecule has 0 amide bonds. The lowest BCUT2D eigenvalue weighted by Crippen LogP contribution is -2.47. The number of rotatable bonds is 3. The van der Waals surface area contributed by atoms with E-state index in [1.807, 2.05) is 20.9 Å². The molecule has 3 rings (SSSR count). The van der Waals surface area contributed by atoms with E-state index in [2.05, 4.69) is 15.2 Å². The van der Waals surface area contributed by atoms with Crippen LogP contribution in [0.2, 0.25) is 0 Å². The molecule has 0 spiro atoms. The number of hydrogen-bond donors (Lipinski definition) is 2. The number of nitrogens with one attached hydrogen (secondary N) is 1. The van der Waals surface area contributed by atoms with Crippen LogP contribution in [0.25, 0.3) is 0 Å². The predicted octanol–water partition coefficient (Wildman–Crippen LogP) is 0.832. The van der Waals surface area contributed by atoms with Crippen LogP contribution in [-0.2, 0) is 4.74 Å². The summed E-state index contributed by atoms with van der Waals surface area (Å²) < 4.78 is 6.01. The fraction of sp³-hybridized carbons (Fsp3) is 0.933. The fourth-order valence-corrected chi connectivity index (χ4v) is 3.86. The molecule has 3 saturated heterocycles. The lowest BCUT2D eigenvalue weighted by atomic mass is 9.82. The molecule has 0 saturated carbocycles. The topological polar surface area (TPSA) is 57.1 Å². The third-order valence-corrected chi connectivity index (χ3v) is 5.35. The average Bonchev–Trinajstić information content (AvgIpc) is 3.11.